The Bertz CT molecular complexity index is 1060. The monoisotopic (exact) mass is 393 g/mol. The van der Waals surface area contributed by atoms with E-state index in [-0.39, 0.29) is 24.1 Å². The average molecular weight is 393 g/mol. The molecular weight excluding hydrogens is 369 g/mol. The second kappa shape index (κ2) is 8.17. The van der Waals surface area contributed by atoms with Gasteiger partial charge in [-0.3, -0.25) is 14.5 Å². The molecule has 5 nitrogen and oxygen atoms in total. The number of amides is 1. The van der Waals surface area contributed by atoms with Crippen LogP contribution in [0.1, 0.15) is 28.0 Å². The summed E-state index contributed by atoms with van der Waals surface area (Å²) in [6, 6.07) is 14.1. The molecule has 1 aromatic heterocycles. The Kier molecular flexibility index (Phi) is 5.45. The number of hydrogen-bond donors (Lipinski definition) is 1. The van der Waals surface area contributed by atoms with Crippen LogP contribution < -0.4 is 0 Å². The van der Waals surface area contributed by atoms with Crippen molar-refractivity contribution in [1.29, 1.82) is 0 Å². The predicted octanol–water partition coefficient (Wildman–Crippen LogP) is 3.53. The number of aromatic nitrogens is 1. The lowest BCUT2D eigenvalue weighted by Gasteiger charge is -2.22. The van der Waals surface area contributed by atoms with Crippen LogP contribution in [0.4, 0.5) is 4.39 Å². The number of aromatic amines is 1. The van der Waals surface area contributed by atoms with E-state index in [4.69, 9.17) is 0 Å². The third kappa shape index (κ3) is 4.22. The molecule has 1 aliphatic rings. The SMILES string of the molecule is Cc1[nH]c2ccccc2c1C(=O)CN1CCC(=O)N(Cc2cccc(F)c2)CC1. The van der Waals surface area contributed by atoms with E-state index in [1.165, 1.54) is 12.1 Å². The number of fused-ring (bicyclic) bond motifs is 1. The van der Waals surface area contributed by atoms with E-state index in [0.29, 0.717) is 32.6 Å². The van der Waals surface area contributed by atoms with Gasteiger partial charge in [0.2, 0.25) is 5.91 Å². The zero-order chi connectivity index (χ0) is 20.4. The summed E-state index contributed by atoms with van der Waals surface area (Å²) in [4.78, 5) is 32.6. The van der Waals surface area contributed by atoms with Crippen LogP contribution in [0.2, 0.25) is 0 Å². The third-order valence-electron chi connectivity index (χ3n) is 5.48. The molecule has 6 heteroatoms. The topological polar surface area (TPSA) is 56.4 Å². The molecule has 29 heavy (non-hydrogen) atoms. The van der Waals surface area contributed by atoms with Crippen LogP contribution in [-0.2, 0) is 11.3 Å². The molecule has 1 fully saturated rings. The van der Waals surface area contributed by atoms with E-state index >= 15 is 0 Å². The van der Waals surface area contributed by atoms with Crippen molar-refractivity contribution in [2.24, 2.45) is 0 Å². The molecule has 0 saturated carbocycles. The second-order valence-corrected chi connectivity index (χ2v) is 7.57. The zero-order valence-electron chi connectivity index (χ0n) is 16.5. The number of para-hydroxylation sites is 1. The fraction of sp³-hybridized carbons (Fsp3) is 0.304. The minimum absolute atomic E-state index is 0.0347. The first-order valence-electron chi connectivity index (χ1n) is 9.86. The number of nitrogens with zero attached hydrogens (tertiary/aromatic N) is 2. The van der Waals surface area contributed by atoms with Gasteiger partial charge in [0, 0.05) is 54.8 Å². The van der Waals surface area contributed by atoms with Crippen molar-refractivity contribution < 1.29 is 14.0 Å². The highest BCUT2D eigenvalue weighted by Crippen LogP contribution is 2.23. The van der Waals surface area contributed by atoms with E-state index < -0.39 is 0 Å². The standard InChI is InChI=1S/C23H24FN3O2/c1-16-23(19-7-2-3-8-20(19)25-16)21(28)15-26-10-9-22(29)27(12-11-26)14-17-5-4-6-18(24)13-17/h2-8,13,25H,9-12,14-15H2,1H3. The van der Waals surface area contributed by atoms with Crippen LogP contribution >= 0.6 is 0 Å². The Hall–Kier alpha value is -2.99. The first kappa shape index (κ1) is 19.3. The molecule has 150 valence electrons. The van der Waals surface area contributed by atoms with E-state index in [9.17, 15) is 14.0 Å². The fourth-order valence-electron chi connectivity index (χ4n) is 4.01. The molecule has 0 aliphatic carbocycles. The van der Waals surface area contributed by atoms with Gasteiger partial charge in [-0.15, -0.1) is 0 Å². The lowest BCUT2D eigenvalue weighted by Crippen LogP contribution is -2.35. The van der Waals surface area contributed by atoms with Crippen molar-refractivity contribution >= 4 is 22.6 Å². The first-order valence-corrected chi connectivity index (χ1v) is 9.86. The minimum Gasteiger partial charge on any atom is -0.358 e. The van der Waals surface area contributed by atoms with Crippen LogP contribution in [0, 0.1) is 12.7 Å². The number of benzene rings is 2. The van der Waals surface area contributed by atoms with Crippen molar-refractivity contribution in [3.8, 4) is 0 Å². The van der Waals surface area contributed by atoms with Gasteiger partial charge in [0.25, 0.3) is 0 Å². The summed E-state index contributed by atoms with van der Waals surface area (Å²) in [6.45, 7) is 4.28. The second-order valence-electron chi connectivity index (χ2n) is 7.57. The van der Waals surface area contributed by atoms with E-state index in [0.717, 1.165) is 27.7 Å². The van der Waals surface area contributed by atoms with E-state index in [1.54, 1.807) is 11.0 Å². The normalized spacial score (nSPS) is 15.7. The highest BCUT2D eigenvalue weighted by Gasteiger charge is 2.24. The number of aryl methyl sites for hydroxylation is 1. The third-order valence-corrected chi connectivity index (χ3v) is 5.48. The summed E-state index contributed by atoms with van der Waals surface area (Å²) in [5.41, 5.74) is 3.33. The van der Waals surface area contributed by atoms with Gasteiger partial charge in [0.1, 0.15) is 5.82 Å². The molecule has 1 aliphatic heterocycles. The van der Waals surface area contributed by atoms with Crippen LogP contribution in [0.25, 0.3) is 10.9 Å². The molecule has 1 saturated heterocycles. The Morgan fingerprint density at radius 3 is 2.76 bits per heavy atom. The van der Waals surface area contributed by atoms with Crippen molar-refractivity contribution in [2.45, 2.75) is 19.9 Å². The number of halogens is 1. The fourth-order valence-corrected chi connectivity index (χ4v) is 4.01. The first-order chi connectivity index (χ1) is 14.0. The van der Waals surface area contributed by atoms with E-state index in [1.807, 2.05) is 42.2 Å². The smallest absolute Gasteiger partial charge is 0.224 e. The van der Waals surface area contributed by atoms with Crippen molar-refractivity contribution in [2.75, 3.05) is 26.2 Å². The molecule has 3 aromatic rings. The van der Waals surface area contributed by atoms with Gasteiger partial charge in [-0.1, -0.05) is 30.3 Å². The van der Waals surface area contributed by atoms with Crippen LogP contribution in [0.3, 0.4) is 0 Å². The van der Waals surface area contributed by atoms with Gasteiger partial charge in [0.15, 0.2) is 5.78 Å². The van der Waals surface area contributed by atoms with Crippen LogP contribution in [-0.4, -0.2) is 52.7 Å². The minimum atomic E-state index is -0.300. The maximum absolute atomic E-state index is 13.4. The number of ketones is 1. The zero-order valence-corrected chi connectivity index (χ0v) is 16.5. The summed E-state index contributed by atoms with van der Waals surface area (Å²) in [7, 11) is 0. The number of carbonyl (C=O) groups is 2. The number of hydrogen-bond acceptors (Lipinski definition) is 3. The molecule has 0 bridgehead atoms. The maximum atomic E-state index is 13.4. The van der Waals surface area contributed by atoms with E-state index in [2.05, 4.69) is 4.98 Å². The summed E-state index contributed by atoms with van der Waals surface area (Å²) in [6.07, 6.45) is 0.357. The lowest BCUT2D eigenvalue weighted by molar-refractivity contribution is -0.130. The Balaban J connectivity index is 1.43. The van der Waals surface area contributed by atoms with Gasteiger partial charge in [-0.05, 0) is 30.7 Å². The Morgan fingerprint density at radius 2 is 1.93 bits per heavy atom. The van der Waals surface area contributed by atoms with Gasteiger partial charge in [-0.25, -0.2) is 4.39 Å². The van der Waals surface area contributed by atoms with Crippen molar-refractivity contribution in [3.63, 3.8) is 0 Å². The van der Waals surface area contributed by atoms with Crippen molar-refractivity contribution in [3.05, 3.63) is 71.2 Å². The summed E-state index contributed by atoms with van der Waals surface area (Å²) in [5.74, 6) is -0.204. The number of carbonyl (C=O) groups excluding carboxylic acids is 2. The number of rotatable bonds is 5. The van der Waals surface area contributed by atoms with Crippen molar-refractivity contribution in [1.82, 2.24) is 14.8 Å². The Morgan fingerprint density at radius 1 is 1.10 bits per heavy atom. The van der Waals surface area contributed by atoms with Gasteiger partial charge in [0.05, 0.1) is 6.54 Å². The van der Waals surface area contributed by atoms with Gasteiger partial charge < -0.3 is 9.88 Å². The number of Topliss-reactive ketones (excluding diaryl/α,β-unsaturated/α-hetero) is 1. The molecule has 4 rings (SSSR count). The highest BCUT2D eigenvalue weighted by molar-refractivity contribution is 6.10. The molecule has 0 spiro atoms. The van der Waals surface area contributed by atoms with Gasteiger partial charge in [-0.2, -0.15) is 0 Å². The van der Waals surface area contributed by atoms with Crippen LogP contribution in [0.5, 0.6) is 0 Å². The molecule has 0 unspecified atom stereocenters. The van der Waals surface area contributed by atoms with Gasteiger partial charge >= 0.3 is 0 Å². The molecule has 1 N–H and O–H groups in total. The predicted molar refractivity (Wildman–Crippen MR) is 110 cm³/mol. The summed E-state index contributed by atoms with van der Waals surface area (Å²) in [5, 5.41) is 0.939. The molecular formula is C23H24FN3O2. The molecule has 0 atom stereocenters. The summed E-state index contributed by atoms with van der Waals surface area (Å²) < 4.78 is 13.4. The lowest BCUT2D eigenvalue weighted by atomic mass is 10.1. The molecule has 2 heterocycles. The largest absolute Gasteiger partial charge is 0.358 e. The van der Waals surface area contributed by atoms with Crippen LogP contribution in [0.15, 0.2) is 48.5 Å². The molecule has 0 radical (unpaired) electrons. The molecule has 1 amide bonds. The maximum Gasteiger partial charge on any atom is 0.224 e. The number of H-pyrrole nitrogens is 1. The highest BCUT2D eigenvalue weighted by atomic mass is 19.1. The summed E-state index contributed by atoms with van der Waals surface area (Å²) >= 11 is 0. The number of nitrogens with one attached hydrogen (secondary N) is 1. The average Bonchev–Trinajstić information content (AvgIpc) is 2.94. The molecule has 2 aromatic carbocycles. The quantitative estimate of drug-likeness (QED) is 0.675. The Labute approximate surface area is 169 Å².